The maximum Gasteiger partial charge on any atom is 0.240 e. The third kappa shape index (κ3) is 3.26. The second-order valence-electron chi connectivity index (χ2n) is 7.48. The number of nitrogens with zero attached hydrogens (tertiary/aromatic N) is 6. The molecule has 2 N–H and O–H groups in total. The molecule has 8 heteroatoms. The molecule has 0 aliphatic heterocycles. The van der Waals surface area contributed by atoms with Gasteiger partial charge in [-0.1, -0.05) is 65.0 Å². The molecule has 0 radical (unpaired) electrons. The van der Waals surface area contributed by atoms with Gasteiger partial charge in [0.15, 0.2) is 0 Å². The standard InChI is InChI=1S/C22H21N7O/c1-24-20(23)22(11-12-22)21-25-19(27-30-21)17-9-7-15(8-10-17)13-29-14-18(26-28-29)16-5-3-2-4-6-16/h2-10,14H,11-13H2,1H3,(H2,23,24). The fourth-order valence-corrected chi connectivity index (χ4v) is 3.52. The highest BCUT2D eigenvalue weighted by Gasteiger charge is 2.53. The second-order valence-corrected chi connectivity index (χ2v) is 7.48. The predicted octanol–water partition coefficient (Wildman–Crippen LogP) is 3.06. The summed E-state index contributed by atoms with van der Waals surface area (Å²) in [5.74, 6) is 1.65. The topological polar surface area (TPSA) is 108 Å². The van der Waals surface area contributed by atoms with Crippen molar-refractivity contribution in [3.05, 3.63) is 72.2 Å². The average Bonchev–Trinajstić information content (AvgIpc) is 3.22. The molecule has 4 aromatic rings. The van der Waals surface area contributed by atoms with Gasteiger partial charge in [-0.05, 0) is 18.4 Å². The zero-order valence-electron chi connectivity index (χ0n) is 16.6. The van der Waals surface area contributed by atoms with E-state index >= 15 is 0 Å². The third-order valence-electron chi connectivity index (χ3n) is 5.48. The highest BCUT2D eigenvalue weighted by Crippen LogP contribution is 2.47. The van der Waals surface area contributed by atoms with Gasteiger partial charge >= 0.3 is 0 Å². The molecule has 0 spiro atoms. The van der Waals surface area contributed by atoms with Crippen LogP contribution in [-0.2, 0) is 12.0 Å². The van der Waals surface area contributed by atoms with Gasteiger partial charge in [0.25, 0.3) is 0 Å². The summed E-state index contributed by atoms with van der Waals surface area (Å²) < 4.78 is 7.32. The molecule has 1 fully saturated rings. The molecular formula is C22H21N7O. The maximum atomic E-state index is 6.03. The normalized spacial score (nSPS) is 15.3. The molecule has 0 atom stereocenters. The molecule has 0 saturated heterocycles. The zero-order chi connectivity index (χ0) is 20.6. The van der Waals surface area contributed by atoms with Crippen molar-refractivity contribution < 1.29 is 4.52 Å². The van der Waals surface area contributed by atoms with Crippen molar-refractivity contribution in [2.24, 2.45) is 10.7 Å². The number of amidine groups is 1. The minimum Gasteiger partial charge on any atom is -0.387 e. The largest absolute Gasteiger partial charge is 0.387 e. The van der Waals surface area contributed by atoms with Gasteiger partial charge in [-0.2, -0.15) is 4.98 Å². The summed E-state index contributed by atoms with van der Waals surface area (Å²) in [7, 11) is 1.68. The van der Waals surface area contributed by atoms with Crippen LogP contribution in [0.25, 0.3) is 22.6 Å². The Morgan fingerprint density at radius 2 is 1.87 bits per heavy atom. The molecule has 30 heavy (non-hydrogen) atoms. The van der Waals surface area contributed by atoms with Crippen molar-refractivity contribution in [1.29, 1.82) is 0 Å². The summed E-state index contributed by atoms with van der Waals surface area (Å²) in [6.07, 6.45) is 3.72. The molecule has 2 heterocycles. The van der Waals surface area contributed by atoms with Gasteiger partial charge in [0, 0.05) is 18.2 Å². The van der Waals surface area contributed by atoms with Gasteiger partial charge in [0.2, 0.25) is 11.7 Å². The van der Waals surface area contributed by atoms with Crippen molar-refractivity contribution in [1.82, 2.24) is 25.1 Å². The Labute approximate surface area is 173 Å². The lowest BCUT2D eigenvalue weighted by Gasteiger charge is -2.07. The molecule has 0 unspecified atom stereocenters. The molecule has 2 aromatic carbocycles. The number of benzene rings is 2. The van der Waals surface area contributed by atoms with E-state index in [9.17, 15) is 0 Å². The first-order chi connectivity index (χ1) is 14.7. The van der Waals surface area contributed by atoms with Crippen LogP contribution in [0.5, 0.6) is 0 Å². The van der Waals surface area contributed by atoms with E-state index in [1.165, 1.54) is 0 Å². The highest BCUT2D eigenvalue weighted by molar-refractivity contribution is 5.93. The van der Waals surface area contributed by atoms with Crippen molar-refractivity contribution in [2.75, 3.05) is 7.05 Å². The second kappa shape index (κ2) is 7.22. The summed E-state index contributed by atoms with van der Waals surface area (Å²) in [6, 6.07) is 18.0. The van der Waals surface area contributed by atoms with Crippen LogP contribution < -0.4 is 5.73 Å². The monoisotopic (exact) mass is 399 g/mol. The Balaban J connectivity index is 1.31. The Hall–Kier alpha value is -3.81. The van der Waals surface area contributed by atoms with E-state index in [1.54, 1.807) is 7.05 Å². The van der Waals surface area contributed by atoms with E-state index in [0.29, 0.717) is 24.1 Å². The molecule has 0 amide bonds. The number of hydrogen-bond acceptors (Lipinski definition) is 6. The first-order valence-electron chi connectivity index (χ1n) is 9.80. The van der Waals surface area contributed by atoms with Crippen LogP contribution in [0.2, 0.25) is 0 Å². The smallest absolute Gasteiger partial charge is 0.240 e. The number of nitrogens with two attached hydrogens (primary N) is 1. The van der Waals surface area contributed by atoms with Crippen LogP contribution in [0.3, 0.4) is 0 Å². The lowest BCUT2D eigenvalue weighted by Crippen LogP contribution is -2.29. The first kappa shape index (κ1) is 18.2. The summed E-state index contributed by atoms with van der Waals surface area (Å²) in [6.45, 7) is 0.629. The SMILES string of the molecule is CN=C(N)C1(c2nc(-c3ccc(Cn4cc(-c5ccccc5)nn4)cc3)no2)CC1. The van der Waals surface area contributed by atoms with Crippen molar-refractivity contribution in [2.45, 2.75) is 24.8 Å². The maximum absolute atomic E-state index is 6.03. The molecule has 1 aliphatic carbocycles. The summed E-state index contributed by atoms with van der Waals surface area (Å²) >= 11 is 0. The van der Waals surface area contributed by atoms with E-state index in [1.807, 2.05) is 65.5 Å². The molecule has 1 aliphatic rings. The Morgan fingerprint density at radius 1 is 1.10 bits per heavy atom. The van der Waals surface area contributed by atoms with Crippen molar-refractivity contribution in [3.63, 3.8) is 0 Å². The van der Waals surface area contributed by atoms with Gasteiger partial charge in [-0.15, -0.1) is 5.10 Å². The minimum absolute atomic E-state index is 0.372. The summed E-state index contributed by atoms with van der Waals surface area (Å²) in [5, 5.41) is 12.6. The van der Waals surface area contributed by atoms with E-state index in [0.717, 1.165) is 35.2 Å². The summed E-state index contributed by atoms with van der Waals surface area (Å²) in [4.78, 5) is 8.67. The fourth-order valence-electron chi connectivity index (χ4n) is 3.52. The molecule has 2 aromatic heterocycles. The van der Waals surface area contributed by atoms with Gasteiger partial charge in [-0.25, -0.2) is 4.68 Å². The molecule has 5 rings (SSSR count). The third-order valence-corrected chi connectivity index (χ3v) is 5.48. The van der Waals surface area contributed by atoms with Crippen molar-refractivity contribution in [3.8, 4) is 22.6 Å². The van der Waals surface area contributed by atoms with Crippen LogP contribution in [0.1, 0.15) is 24.3 Å². The van der Waals surface area contributed by atoms with Crippen molar-refractivity contribution >= 4 is 5.84 Å². The van der Waals surface area contributed by atoms with Crippen LogP contribution in [0.15, 0.2) is 70.3 Å². The van der Waals surface area contributed by atoms with E-state index < -0.39 is 0 Å². The lowest BCUT2D eigenvalue weighted by molar-refractivity contribution is 0.367. The molecule has 8 nitrogen and oxygen atoms in total. The fraction of sp³-hybridized carbons (Fsp3) is 0.227. The Bertz CT molecular complexity index is 1190. The molecule has 1 saturated carbocycles. The summed E-state index contributed by atoms with van der Waals surface area (Å²) in [5.41, 5.74) is 9.56. The first-order valence-corrected chi connectivity index (χ1v) is 9.80. The Kier molecular flexibility index (Phi) is 4.39. The van der Waals surface area contributed by atoms with Gasteiger partial charge in [0.05, 0.1) is 12.7 Å². The van der Waals surface area contributed by atoms with Crippen LogP contribution >= 0.6 is 0 Å². The van der Waals surface area contributed by atoms with Gasteiger partial charge in [0.1, 0.15) is 16.9 Å². The predicted molar refractivity (Wildman–Crippen MR) is 113 cm³/mol. The Morgan fingerprint density at radius 3 is 2.57 bits per heavy atom. The van der Waals surface area contributed by atoms with Crippen LogP contribution in [0.4, 0.5) is 0 Å². The van der Waals surface area contributed by atoms with Crippen LogP contribution in [-0.4, -0.2) is 38.0 Å². The molecule has 0 bridgehead atoms. The number of rotatable bonds is 6. The molecule has 150 valence electrons. The quantitative estimate of drug-likeness (QED) is 0.394. The van der Waals surface area contributed by atoms with Crippen LogP contribution in [0, 0.1) is 0 Å². The lowest BCUT2D eigenvalue weighted by atomic mass is 10.1. The highest BCUT2D eigenvalue weighted by atomic mass is 16.5. The van der Waals surface area contributed by atoms with Gasteiger partial charge < -0.3 is 10.3 Å². The number of aliphatic imine (C=N–C) groups is 1. The van der Waals surface area contributed by atoms with E-state index in [-0.39, 0.29) is 5.41 Å². The zero-order valence-corrected chi connectivity index (χ0v) is 16.6. The van der Waals surface area contributed by atoms with E-state index in [2.05, 4.69) is 25.4 Å². The number of aromatic nitrogens is 5. The van der Waals surface area contributed by atoms with E-state index in [4.69, 9.17) is 10.3 Å². The number of hydrogen-bond donors (Lipinski definition) is 1. The average molecular weight is 399 g/mol. The minimum atomic E-state index is -0.372. The van der Waals surface area contributed by atoms with Gasteiger partial charge in [-0.3, -0.25) is 4.99 Å². The molecular weight excluding hydrogens is 378 g/mol.